The summed E-state index contributed by atoms with van der Waals surface area (Å²) in [5.41, 5.74) is 0.836. The lowest BCUT2D eigenvalue weighted by atomic mass is 9.95. The number of carbonyl (C=O) groups excluding carboxylic acids is 1. The van der Waals surface area contributed by atoms with E-state index in [9.17, 15) is 4.79 Å². The summed E-state index contributed by atoms with van der Waals surface area (Å²) < 4.78 is 0. The van der Waals surface area contributed by atoms with Gasteiger partial charge in [0.1, 0.15) is 17.8 Å². The Kier molecular flexibility index (Phi) is 5.34. The molecule has 0 spiro atoms. The summed E-state index contributed by atoms with van der Waals surface area (Å²) in [6, 6.07) is 2.74. The molecule has 0 aromatic carbocycles. The molecule has 7 heteroatoms. The molecule has 2 fully saturated rings. The van der Waals surface area contributed by atoms with Crippen molar-refractivity contribution in [1.82, 2.24) is 25.2 Å². The van der Waals surface area contributed by atoms with Crippen molar-refractivity contribution in [2.45, 2.75) is 57.0 Å². The zero-order valence-corrected chi connectivity index (χ0v) is 15.2. The van der Waals surface area contributed by atoms with Crippen LogP contribution in [-0.4, -0.2) is 57.5 Å². The van der Waals surface area contributed by atoms with Crippen LogP contribution in [0.1, 0.15) is 44.9 Å². The summed E-state index contributed by atoms with van der Waals surface area (Å²) in [5, 5.41) is 7.98. The Bertz CT molecular complexity index is 738. The van der Waals surface area contributed by atoms with Gasteiger partial charge in [-0.1, -0.05) is 19.3 Å². The summed E-state index contributed by atoms with van der Waals surface area (Å²) in [5.74, 6) is 1.06. The Labute approximate surface area is 154 Å². The van der Waals surface area contributed by atoms with Gasteiger partial charge in [-0.05, 0) is 31.7 Å². The van der Waals surface area contributed by atoms with Crippen LogP contribution in [0.3, 0.4) is 0 Å². The van der Waals surface area contributed by atoms with Crippen LogP contribution in [0.15, 0.2) is 18.6 Å². The number of anilines is 1. The quantitative estimate of drug-likeness (QED) is 0.765. The van der Waals surface area contributed by atoms with Gasteiger partial charge in [-0.3, -0.25) is 4.79 Å². The average molecular weight is 356 g/mol. The van der Waals surface area contributed by atoms with Crippen molar-refractivity contribution in [3.05, 3.63) is 18.6 Å². The molecule has 4 rings (SSSR count). The summed E-state index contributed by atoms with van der Waals surface area (Å²) in [7, 11) is 0. The summed E-state index contributed by atoms with van der Waals surface area (Å²) in [6.45, 7) is 2.06. The highest BCUT2D eigenvalue weighted by Crippen LogP contribution is 2.21. The Morgan fingerprint density at radius 1 is 1.15 bits per heavy atom. The number of hydrogen-bond donors (Lipinski definition) is 3. The molecule has 3 N–H and O–H groups in total. The zero-order valence-electron chi connectivity index (χ0n) is 15.2. The fraction of sp³-hybridized carbons (Fsp3) is 0.632. The predicted octanol–water partition coefficient (Wildman–Crippen LogP) is 2.28. The molecule has 26 heavy (non-hydrogen) atoms. The van der Waals surface area contributed by atoms with Crippen LogP contribution >= 0.6 is 0 Å². The first-order chi connectivity index (χ1) is 12.8. The van der Waals surface area contributed by atoms with Gasteiger partial charge in [0.25, 0.3) is 0 Å². The molecule has 0 radical (unpaired) electrons. The van der Waals surface area contributed by atoms with E-state index < -0.39 is 0 Å². The Balaban J connectivity index is 1.32. The molecule has 7 nitrogen and oxygen atoms in total. The third-order valence-corrected chi connectivity index (χ3v) is 5.62. The predicted molar refractivity (Wildman–Crippen MR) is 102 cm³/mol. The highest BCUT2D eigenvalue weighted by atomic mass is 16.2. The molecule has 2 aromatic heterocycles. The van der Waals surface area contributed by atoms with Crippen molar-refractivity contribution in [3.8, 4) is 0 Å². The summed E-state index contributed by atoms with van der Waals surface area (Å²) in [6.07, 6.45) is 11.8. The minimum absolute atomic E-state index is 0.219. The maximum absolute atomic E-state index is 12.6. The molecule has 1 saturated heterocycles. The van der Waals surface area contributed by atoms with E-state index in [4.69, 9.17) is 0 Å². The number of fused-ring (bicyclic) bond motifs is 1. The lowest BCUT2D eigenvalue weighted by Gasteiger charge is -2.34. The number of hydrogen-bond acceptors (Lipinski definition) is 5. The van der Waals surface area contributed by atoms with Gasteiger partial charge >= 0.3 is 0 Å². The minimum Gasteiger partial charge on any atom is -0.365 e. The van der Waals surface area contributed by atoms with E-state index >= 15 is 0 Å². The topological polar surface area (TPSA) is 85.9 Å². The fourth-order valence-electron chi connectivity index (χ4n) is 4.15. The number of H-pyrrole nitrogens is 1. The molecular formula is C19H28N6O. The molecule has 2 aromatic rings. The minimum atomic E-state index is 0.219. The lowest BCUT2D eigenvalue weighted by Crippen LogP contribution is -2.49. The van der Waals surface area contributed by atoms with Gasteiger partial charge in [0.15, 0.2) is 0 Å². The number of aromatic nitrogens is 3. The van der Waals surface area contributed by atoms with Crippen LogP contribution < -0.4 is 10.6 Å². The molecule has 0 bridgehead atoms. The molecular weight excluding hydrogens is 328 g/mol. The van der Waals surface area contributed by atoms with Crippen molar-refractivity contribution in [3.63, 3.8) is 0 Å². The summed E-state index contributed by atoms with van der Waals surface area (Å²) >= 11 is 0. The number of aromatic amines is 1. The largest absolute Gasteiger partial charge is 0.365 e. The molecule has 1 atom stereocenters. The number of piperidine rings is 1. The first kappa shape index (κ1) is 17.3. The van der Waals surface area contributed by atoms with Crippen LogP contribution in [0.25, 0.3) is 11.0 Å². The Hall–Kier alpha value is -2.15. The third kappa shape index (κ3) is 3.98. The number of rotatable bonds is 5. The second-order valence-corrected chi connectivity index (χ2v) is 7.50. The lowest BCUT2D eigenvalue weighted by molar-refractivity contribution is -0.131. The number of amides is 1. The van der Waals surface area contributed by atoms with Crippen molar-refractivity contribution in [1.29, 1.82) is 0 Å². The van der Waals surface area contributed by atoms with Crippen LogP contribution in [0.5, 0.6) is 0 Å². The van der Waals surface area contributed by atoms with Crippen LogP contribution in [0.2, 0.25) is 0 Å². The van der Waals surface area contributed by atoms with Gasteiger partial charge in [0.2, 0.25) is 5.91 Å². The normalized spacial score (nSPS) is 21.8. The smallest absolute Gasteiger partial charge is 0.236 e. The van der Waals surface area contributed by atoms with E-state index in [1.807, 2.05) is 17.2 Å². The Morgan fingerprint density at radius 3 is 2.88 bits per heavy atom. The van der Waals surface area contributed by atoms with E-state index in [1.165, 1.54) is 32.1 Å². The molecule has 1 aliphatic heterocycles. The van der Waals surface area contributed by atoms with Crippen molar-refractivity contribution in [2.24, 2.45) is 0 Å². The zero-order chi connectivity index (χ0) is 17.8. The molecule has 3 heterocycles. The molecule has 1 aliphatic carbocycles. The van der Waals surface area contributed by atoms with E-state index in [-0.39, 0.29) is 11.9 Å². The van der Waals surface area contributed by atoms with E-state index in [0.29, 0.717) is 12.6 Å². The second-order valence-electron chi connectivity index (χ2n) is 7.50. The van der Waals surface area contributed by atoms with Gasteiger partial charge in [-0.2, -0.15) is 0 Å². The second kappa shape index (κ2) is 8.03. The summed E-state index contributed by atoms with van der Waals surface area (Å²) in [4.78, 5) is 26.3. The molecule has 2 aliphatic rings. The van der Waals surface area contributed by atoms with Crippen molar-refractivity contribution < 1.29 is 4.79 Å². The van der Waals surface area contributed by atoms with Crippen molar-refractivity contribution >= 4 is 22.8 Å². The number of likely N-dealkylation sites (tertiary alicyclic amines) is 1. The van der Waals surface area contributed by atoms with Gasteiger partial charge in [-0.15, -0.1) is 0 Å². The van der Waals surface area contributed by atoms with Crippen LogP contribution in [0, 0.1) is 0 Å². The maximum Gasteiger partial charge on any atom is 0.236 e. The first-order valence-corrected chi connectivity index (χ1v) is 9.85. The molecule has 1 amide bonds. The van der Waals surface area contributed by atoms with Crippen LogP contribution in [0.4, 0.5) is 5.82 Å². The molecule has 0 unspecified atom stereocenters. The highest BCUT2D eigenvalue weighted by Gasteiger charge is 2.25. The SMILES string of the molecule is O=C(CNC1CCCCC1)N1CCC[C@H](Nc2ncnc3[nH]ccc23)C1. The molecule has 140 valence electrons. The van der Waals surface area contributed by atoms with E-state index in [2.05, 4.69) is 25.6 Å². The van der Waals surface area contributed by atoms with Gasteiger partial charge in [0, 0.05) is 31.4 Å². The number of nitrogens with one attached hydrogen (secondary N) is 3. The standard InChI is InChI=1S/C19H28N6O/c26-17(11-21-14-5-2-1-3-6-14)25-10-4-7-15(12-25)24-19-16-8-9-20-18(16)22-13-23-19/h8-9,13-15,21H,1-7,10-12H2,(H2,20,22,23,24)/t15-/m0/s1. The molecule has 1 saturated carbocycles. The third-order valence-electron chi connectivity index (χ3n) is 5.62. The van der Waals surface area contributed by atoms with E-state index in [1.54, 1.807) is 6.33 Å². The highest BCUT2D eigenvalue weighted by molar-refractivity contribution is 5.86. The number of carbonyl (C=O) groups is 1. The first-order valence-electron chi connectivity index (χ1n) is 9.85. The maximum atomic E-state index is 12.6. The van der Waals surface area contributed by atoms with Crippen molar-refractivity contribution in [2.75, 3.05) is 25.0 Å². The van der Waals surface area contributed by atoms with Gasteiger partial charge in [0.05, 0.1) is 11.9 Å². The van der Waals surface area contributed by atoms with Gasteiger partial charge in [-0.25, -0.2) is 9.97 Å². The Morgan fingerprint density at radius 2 is 2.00 bits per heavy atom. The van der Waals surface area contributed by atoms with Crippen LogP contribution in [-0.2, 0) is 4.79 Å². The average Bonchev–Trinajstić information content (AvgIpc) is 3.17. The van der Waals surface area contributed by atoms with E-state index in [0.717, 1.165) is 42.8 Å². The number of nitrogens with zero attached hydrogens (tertiary/aromatic N) is 3. The van der Waals surface area contributed by atoms with Gasteiger partial charge < -0.3 is 20.5 Å². The fourth-order valence-corrected chi connectivity index (χ4v) is 4.15. The monoisotopic (exact) mass is 356 g/mol.